The van der Waals surface area contributed by atoms with Crippen molar-refractivity contribution in [1.82, 2.24) is 0 Å². The average molecular weight is 673 g/mol. The Bertz CT molecular complexity index is 3160. The van der Waals surface area contributed by atoms with Gasteiger partial charge in [-0.3, -0.25) is 0 Å². The average Bonchev–Trinajstić information content (AvgIpc) is 3.61. The van der Waals surface area contributed by atoms with Crippen molar-refractivity contribution < 1.29 is 4.42 Å². The number of hydrogen-bond donors (Lipinski definition) is 0. The number of hydrogen-bond acceptors (Lipinski definition) is 1. The van der Waals surface area contributed by atoms with Crippen LogP contribution in [0, 0.1) is 0 Å². The molecule has 0 bridgehead atoms. The number of furan rings is 1. The van der Waals surface area contributed by atoms with Gasteiger partial charge >= 0.3 is 0 Å². The van der Waals surface area contributed by atoms with E-state index in [2.05, 4.69) is 188 Å². The lowest BCUT2D eigenvalue weighted by molar-refractivity contribution is 0.669. The maximum atomic E-state index is 6.62. The smallest absolute Gasteiger partial charge is 0.136 e. The standard InChI is InChI=1S/C52H32O/c1-2-15-34(16-3-1)47-31-35(32-49-52(47)46-26-12-13-28-48(46)53-49)50-41-22-8-10-24-43(41)51(44-25-11-9-23-42(44)50)45-30-29-40(38-20-6-7-21-39(38)45)37-27-14-18-33-17-4-5-19-36(33)37/h1-32H. The Balaban J connectivity index is 1.22. The number of rotatable bonds is 4. The predicted molar refractivity (Wildman–Crippen MR) is 225 cm³/mol. The van der Waals surface area contributed by atoms with E-state index < -0.39 is 0 Å². The second-order valence-corrected chi connectivity index (χ2v) is 13.9. The third kappa shape index (κ3) is 4.58. The van der Waals surface area contributed by atoms with E-state index in [1.54, 1.807) is 0 Å². The maximum Gasteiger partial charge on any atom is 0.136 e. The SMILES string of the molecule is c1ccc(-c2cc(-c3c4ccccc4c(-c4ccc(-c5cccc6ccccc56)c5ccccc45)c4ccccc34)cc3oc4ccccc4c23)cc1. The molecule has 11 aromatic rings. The van der Waals surface area contributed by atoms with Crippen molar-refractivity contribution in [3.63, 3.8) is 0 Å². The quantitative estimate of drug-likeness (QED) is 0.170. The first-order chi connectivity index (χ1) is 26.3. The zero-order chi connectivity index (χ0) is 34.9. The fourth-order valence-corrected chi connectivity index (χ4v) is 8.79. The highest BCUT2D eigenvalue weighted by atomic mass is 16.3. The van der Waals surface area contributed by atoms with Gasteiger partial charge in [0.2, 0.25) is 0 Å². The van der Waals surface area contributed by atoms with Gasteiger partial charge in [0.15, 0.2) is 0 Å². The Morgan fingerprint density at radius 3 is 1.49 bits per heavy atom. The van der Waals surface area contributed by atoms with Crippen LogP contribution in [0.15, 0.2) is 199 Å². The summed E-state index contributed by atoms with van der Waals surface area (Å²) in [4.78, 5) is 0. The summed E-state index contributed by atoms with van der Waals surface area (Å²) in [5, 5.41) is 12.2. The largest absolute Gasteiger partial charge is 0.456 e. The van der Waals surface area contributed by atoms with E-state index in [4.69, 9.17) is 4.42 Å². The molecular formula is C52H32O. The second-order valence-electron chi connectivity index (χ2n) is 13.9. The number of fused-ring (bicyclic) bond motifs is 7. The van der Waals surface area contributed by atoms with Crippen LogP contribution in [-0.2, 0) is 0 Å². The monoisotopic (exact) mass is 672 g/mol. The molecule has 0 aliphatic rings. The van der Waals surface area contributed by atoms with Crippen LogP contribution in [-0.4, -0.2) is 0 Å². The molecule has 11 rings (SSSR count). The highest BCUT2D eigenvalue weighted by Gasteiger charge is 2.22. The van der Waals surface area contributed by atoms with Crippen molar-refractivity contribution in [3.8, 4) is 44.5 Å². The molecule has 0 spiro atoms. The third-order valence-electron chi connectivity index (χ3n) is 11.1. The molecule has 0 fully saturated rings. The Morgan fingerprint density at radius 2 is 0.774 bits per heavy atom. The molecule has 53 heavy (non-hydrogen) atoms. The Kier molecular flexibility index (Phi) is 6.62. The molecule has 0 saturated heterocycles. The summed E-state index contributed by atoms with van der Waals surface area (Å²) in [7, 11) is 0. The minimum absolute atomic E-state index is 0.898. The predicted octanol–water partition coefficient (Wildman–Crippen LogP) is 14.9. The minimum Gasteiger partial charge on any atom is -0.456 e. The molecule has 246 valence electrons. The first-order valence-corrected chi connectivity index (χ1v) is 18.3. The lowest BCUT2D eigenvalue weighted by Gasteiger charge is -2.20. The van der Waals surface area contributed by atoms with Crippen LogP contribution in [0.25, 0.3) is 110 Å². The molecular weight excluding hydrogens is 641 g/mol. The van der Waals surface area contributed by atoms with Gasteiger partial charge in [-0.15, -0.1) is 0 Å². The summed E-state index contributed by atoms with van der Waals surface area (Å²) < 4.78 is 6.62. The van der Waals surface area contributed by atoms with Gasteiger partial charge in [-0.1, -0.05) is 176 Å². The van der Waals surface area contributed by atoms with Gasteiger partial charge < -0.3 is 4.42 Å². The lowest BCUT2D eigenvalue weighted by atomic mass is 9.83. The van der Waals surface area contributed by atoms with Crippen molar-refractivity contribution in [2.45, 2.75) is 0 Å². The van der Waals surface area contributed by atoms with E-state index in [9.17, 15) is 0 Å². The molecule has 0 aliphatic carbocycles. The molecule has 0 amide bonds. The summed E-state index contributed by atoms with van der Waals surface area (Å²) in [5.41, 5.74) is 11.5. The molecule has 0 N–H and O–H groups in total. The summed E-state index contributed by atoms with van der Waals surface area (Å²) in [6.45, 7) is 0. The van der Waals surface area contributed by atoms with Gasteiger partial charge in [0.05, 0.1) is 0 Å². The number of benzene rings is 10. The fourth-order valence-electron chi connectivity index (χ4n) is 8.79. The van der Waals surface area contributed by atoms with E-state index in [0.717, 1.165) is 27.5 Å². The summed E-state index contributed by atoms with van der Waals surface area (Å²) in [6, 6.07) is 70.5. The molecule has 1 heterocycles. The van der Waals surface area contributed by atoms with Crippen LogP contribution in [0.4, 0.5) is 0 Å². The molecule has 0 unspecified atom stereocenters. The molecule has 1 aromatic heterocycles. The van der Waals surface area contributed by atoms with E-state index in [1.807, 2.05) is 6.07 Å². The van der Waals surface area contributed by atoms with E-state index in [0.29, 0.717) is 0 Å². The minimum atomic E-state index is 0.898. The summed E-state index contributed by atoms with van der Waals surface area (Å²) in [6.07, 6.45) is 0. The molecule has 0 saturated carbocycles. The fraction of sp³-hybridized carbons (Fsp3) is 0. The number of para-hydroxylation sites is 1. The molecule has 0 atom stereocenters. The van der Waals surface area contributed by atoms with Gasteiger partial charge in [0.25, 0.3) is 0 Å². The first kappa shape index (κ1) is 29.7. The molecule has 0 radical (unpaired) electrons. The summed E-state index contributed by atoms with van der Waals surface area (Å²) >= 11 is 0. The second kappa shape index (κ2) is 11.8. The Morgan fingerprint density at radius 1 is 0.264 bits per heavy atom. The van der Waals surface area contributed by atoms with Crippen LogP contribution in [0.5, 0.6) is 0 Å². The van der Waals surface area contributed by atoms with E-state index in [1.165, 1.54) is 82.0 Å². The molecule has 1 nitrogen and oxygen atoms in total. The molecule has 10 aromatic carbocycles. The normalized spacial score (nSPS) is 11.8. The van der Waals surface area contributed by atoms with Crippen LogP contribution in [0.3, 0.4) is 0 Å². The topological polar surface area (TPSA) is 13.1 Å². The van der Waals surface area contributed by atoms with Crippen LogP contribution in [0.1, 0.15) is 0 Å². The zero-order valence-corrected chi connectivity index (χ0v) is 28.9. The van der Waals surface area contributed by atoms with Crippen molar-refractivity contribution in [2.24, 2.45) is 0 Å². The first-order valence-electron chi connectivity index (χ1n) is 18.3. The van der Waals surface area contributed by atoms with Gasteiger partial charge in [-0.2, -0.15) is 0 Å². The summed E-state index contributed by atoms with van der Waals surface area (Å²) in [5.74, 6) is 0. The van der Waals surface area contributed by atoms with Crippen molar-refractivity contribution >= 4 is 65.0 Å². The molecule has 1 heteroatoms. The highest BCUT2D eigenvalue weighted by molar-refractivity contribution is 6.25. The Labute approximate surface area is 307 Å². The van der Waals surface area contributed by atoms with Gasteiger partial charge in [0, 0.05) is 10.8 Å². The van der Waals surface area contributed by atoms with Crippen molar-refractivity contribution in [1.29, 1.82) is 0 Å². The van der Waals surface area contributed by atoms with Crippen LogP contribution < -0.4 is 0 Å². The van der Waals surface area contributed by atoms with E-state index in [-0.39, 0.29) is 0 Å². The Hall–Kier alpha value is -6.96. The third-order valence-corrected chi connectivity index (χ3v) is 11.1. The van der Waals surface area contributed by atoms with Gasteiger partial charge in [-0.05, 0) is 106 Å². The van der Waals surface area contributed by atoms with Gasteiger partial charge in [0.1, 0.15) is 11.2 Å². The molecule has 0 aliphatic heterocycles. The highest BCUT2D eigenvalue weighted by Crippen LogP contribution is 2.48. The van der Waals surface area contributed by atoms with Crippen LogP contribution >= 0.6 is 0 Å². The van der Waals surface area contributed by atoms with Gasteiger partial charge in [-0.25, -0.2) is 0 Å². The van der Waals surface area contributed by atoms with Crippen LogP contribution in [0.2, 0.25) is 0 Å². The van der Waals surface area contributed by atoms with E-state index >= 15 is 0 Å². The van der Waals surface area contributed by atoms with Crippen molar-refractivity contribution in [3.05, 3.63) is 194 Å². The van der Waals surface area contributed by atoms with Crippen molar-refractivity contribution in [2.75, 3.05) is 0 Å². The zero-order valence-electron chi connectivity index (χ0n) is 28.9. The maximum absolute atomic E-state index is 6.62. The lowest BCUT2D eigenvalue weighted by Crippen LogP contribution is -1.93.